The second-order valence-corrected chi connectivity index (χ2v) is 6.61. The van der Waals surface area contributed by atoms with Gasteiger partial charge in [0.25, 0.3) is 0 Å². The molecule has 4 heteroatoms. The summed E-state index contributed by atoms with van der Waals surface area (Å²) < 4.78 is 17.0. The first-order chi connectivity index (χ1) is 12.7. The van der Waals surface area contributed by atoms with Crippen LogP contribution in [0.4, 0.5) is 0 Å². The van der Waals surface area contributed by atoms with Crippen LogP contribution in [0.15, 0.2) is 54.6 Å². The lowest BCUT2D eigenvalue weighted by Crippen LogP contribution is -2.04. The van der Waals surface area contributed by atoms with Crippen LogP contribution >= 0.6 is 11.6 Å². The average molecular weight is 367 g/mol. The Morgan fingerprint density at radius 3 is 2.12 bits per heavy atom. The van der Waals surface area contributed by atoms with Crippen LogP contribution in [0.2, 0.25) is 5.02 Å². The van der Waals surface area contributed by atoms with E-state index in [9.17, 15) is 0 Å². The van der Waals surface area contributed by atoms with Crippen molar-refractivity contribution >= 4 is 11.6 Å². The highest BCUT2D eigenvalue weighted by Gasteiger charge is 2.35. The van der Waals surface area contributed by atoms with Crippen LogP contribution in [-0.4, -0.2) is 21.3 Å². The van der Waals surface area contributed by atoms with Crippen molar-refractivity contribution < 1.29 is 14.2 Å². The van der Waals surface area contributed by atoms with Gasteiger partial charge in [-0.25, -0.2) is 0 Å². The first-order valence-electron chi connectivity index (χ1n) is 8.37. The van der Waals surface area contributed by atoms with Crippen molar-refractivity contribution in [2.24, 2.45) is 0 Å². The Hall–Kier alpha value is -2.65. The molecule has 1 aliphatic carbocycles. The summed E-state index contributed by atoms with van der Waals surface area (Å²) in [7, 11) is 4.94. The van der Waals surface area contributed by atoms with Crippen molar-refractivity contribution in [2.75, 3.05) is 21.3 Å². The summed E-state index contributed by atoms with van der Waals surface area (Å²) in [6.45, 7) is 0. The largest absolute Gasteiger partial charge is 0.493 e. The lowest BCUT2D eigenvalue weighted by molar-refractivity contribution is 0.322. The van der Waals surface area contributed by atoms with Crippen molar-refractivity contribution in [1.29, 1.82) is 0 Å². The Kier molecular flexibility index (Phi) is 4.25. The zero-order valence-corrected chi connectivity index (χ0v) is 15.6. The topological polar surface area (TPSA) is 27.7 Å². The predicted octanol–water partition coefficient (Wildman–Crippen LogP) is 5.53. The minimum Gasteiger partial charge on any atom is -0.493 e. The molecule has 0 radical (unpaired) electrons. The second-order valence-electron chi connectivity index (χ2n) is 6.18. The zero-order chi connectivity index (χ0) is 18.3. The zero-order valence-electron chi connectivity index (χ0n) is 14.9. The van der Waals surface area contributed by atoms with Gasteiger partial charge in [-0.3, -0.25) is 0 Å². The Labute approximate surface area is 158 Å². The van der Waals surface area contributed by atoms with Gasteiger partial charge in [0.05, 0.1) is 21.3 Å². The molecule has 0 saturated heterocycles. The van der Waals surface area contributed by atoms with Gasteiger partial charge >= 0.3 is 0 Å². The van der Waals surface area contributed by atoms with Gasteiger partial charge in [0.2, 0.25) is 5.75 Å². The molecule has 0 heterocycles. The maximum atomic E-state index is 6.10. The SMILES string of the molecule is COc1cc2c(c(OC)c1OC)C(c1ccc(Cl)cc1)c1ccccc1-2. The van der Waals surface area contributed by atoms with Crippen LogP contribution in [0.5, 0.6) is 17.2 Å². The van der Waals surface area contributed by atoms with Crippen molar-refractivity contribution in [1.82, 2.24) is 0 Å². The number of ether oxygens (including phenoxy) is 3. The smallest absolute Gasteiger partial charge is 0.203 e. The van der Waals surface area contributed by atoms with E-state index in [1.807, 2.05) is 18.2 Å². The highest BCUT2D eigenvalue weighted by atomic mass is 35.5. The summed E-state index contributed by atoms with van der Waals surface area (Å²) in [4.78, 5) is 0. The molecule has 0 spiro atoms. The molecular formula is C22H19ClO3. The van der Waals surface area contributed by atoms with Crippen LogP contribution in [0.25, 0.3) is 11.1 Å². The van der Waals surface area contributed by atoms with E-state index in [2.05, 4.69) is 36.4 Å². The van der Waals surface area contributed by atoms with Gasteiger partial charge in [-0.1, -0.05) is 48.0 Å². The highest BCUT2D eigenvalue weighted by Crippen LogP contribution is 2.56. The molecule has 3 aromatic rings. The van der Waals surface area contributed by atoms with Gasteiger partial charge in [0.1, 0.15) is 0 Å². The van der Waals surface area contributed by atoms with Gasteiger partial charge in [0, 0.05) is 16.5 Å². The first kappa shape index (κ1) is 16.8. The third-order valence-electron chi connectivity index (χ3n) is 4.92. The number of methoxy groups -OCH3 is 3. The summed E-state index contributed by atoms with van der Waals surface area (Å²) in [5, 5.41) is 0.722. The van der Waals surface area contributed by atoms with E-state index >= 15 is 0 Å². The predicted molar refractivity (Wildman–Crippen MR) is 104 cm³/mol. The third kappa shape index (κ3) is 2.43. The summed E-state index contributed by atoms with van der Waals surface area (Å²) >= 11 is 6.10. The molecule has 0 saturated carbocycles. The average Bonchev–Trinajstić information content (AvgIpc) is 3.01. The van der Waals surface area contributed by atoms with Crippen LogP contribution < -0.4 is 14.2 Å². The van der Waals surface area contributed by atoms with Gasteiger partial charge in [-0.2, -0.15) is 0 Å². The summed E-state index contributed by atoms with van der Waals surface area (Å²) in [5.74, 6) is 2.03. The molecule has 3 aromatic carbocycles. The molecule has 0 fully saturated rings. The fourth-order valence-electron chi connectivity index (χ4n) is 3.84. The van der Waals surface area contributed by atoms with Crippen molar-refractivity contribution in [3.05, 3.63) is 76.3 Å². The number of fused-ring (bicyclic) bond motifs is 3. The standard InChI is InChI=1S/C22H19ClO3/c1-24-18-12-17-15-6-4-5-7-16(15)19(13-8-10-14(23)11-9-13)20(17)22(26-3)21(18)25-2/h4-12,19H,1-3H3. The van der Waals surface area contributed by atoms with Crippen molar-refractivity contribution in [3.8, 4) is 28.4 Å². The van der Waals surface area contributed by atoms with E-state index in [-0.39, 0.29) is 5.92 Å². The van der Waals surface area contributed by atoms with Crippen LogP contribution in [0, 0.1) is 0 Å². The normalized spacial score (nSPS) is 14.5. The highest BCUT2D eigenvalue weighted by molar-refractivity contribution is 6.30. The van der Waals surface area contributed by atoms with Crippen molar-refractivity contribution in [3.63, 3.8) is 0 Å². The van der Waals surface area contributed by atoms with Crippen LogP contribution in [0.3, 0.4) is 0 Å². The van der Waals surface area contributed by atoms with E-state index in [1.54, 1.807) is 21.3 Å². The Bertz CT molecular complexity index is 964. The molecule has 26 heavy (non-hydrogen) atoms. The molecule has 1 unspecified atom stereocenters. The first-order valence-corrected chi connectivity index (χ1v) is 8.75. The van der Waals surface area contributed by atoms with Gasteiger partial charge < -0.3 is 14.2 Å². The maximum absolute atomic E-state index is 6.10. The number of halogens is 1. The van der Waals surface area contributed by atoms with Crippen LogP contribution in [0.1, 0.15) is 22.6 Å². The van der Waals surface area contributed by atoms with Gasteiger partial charge in [-0.05, 0) is 40.5 Å². The van der Waals surface area contributed by atoms with E-state index in [0.717, 1.165) is 21.7 Å². The quantitative estimate of drug-likeness (QED) is 0.475. The number of hydrogen-bond donors (Lipinski definition) is 0. The van der Waals surface area contributed by atoms with Gasteiger partial charge in [-0.15, -0.1) is 0 Å². The lowest BCUT2D eigenvalue weighted by Gasteiger charge is -2.20. The molecular weight excluding hydrogens is 348 g/mol. The molecule has 0 aromatic heterocycles. The molecule has 132 valence electrons. The minimum absolute atomic E-state index is 0.0493. The van der Waals surface area contributed by atoms with E-state index in [1.165, 1.54) is 11.1 Å². The molecule has 1 atom stereocenters. The minimum atomic E-state index is 0.0493. The van der Waals surface area contributed by atoms with Crippen molar-refractivity contribution in [2.45, 2.75) is 5.92 Å². The molecule has 0 bridgehead atoms. The number of benzene rings is 3. The maximum Gasteiger partial charge on any atom is 0.203 e. The van der Waals surface area contributed by atoms with Crippen LogP contribution in [-0.2, 0) is 0 Å². The molecule has 0 aliphatic heterocycles. The monoisotopic (exact) mass is 366 g/mol. The Morgan fingerprint density at radius 2 is 1.46 bits per heavy atom. The van der Waals surface area contributed by atoms with E-state index in [0.29, 0.717) is 17.2 Å². The summed E-state index contributed by atoms with van der Waals surface area (Å²) in [5.41, 5.74) is 5.77. The van der Waals surface area contributed by atoms with E-state index < -0.39 is 0 Å². The van der Waals surface area contributed by atoms with E-state index in [4.69, 9.17) is 25.8 Å². The number of hydrogen-bond acceptors (Lipinski definition) is 3. The number of rotatable bonds is 4. The second kappa shape index (κ2) is 6.58. The lowest BCUT2D eigenvalue weighted by atomic mass is 9.88. The summed E-state index contributed by atoms with van der Waals surface area (Å²) in [6.07, 6.45) is 0. The fraction of sp³-hybridized carbons (Fsp3) is 0.182. The molecule has 3 nitrogen and oxygen atoms in total. The van der Waals surface area contributed by atoms with Gasteiger partial charge in [0.15, 0.2) is 11.5 Å². The molecule has 1 aliphatic rings. The summed E-state index contributed by atoms with van der Waals surface area (Å²) in [6, 6.07) is 18.4. The molecule has 4 rings (SSSR count). The third-order valence-corrected chi connectivity index (χ3v) is 5.17. The molecule has 0 N–H and O–H groups in total. The Balaban J connectivity index is 2.06. The molecule has 0 amide bonds. The fourth-order valence-corrected chi connectivity index (χ4v) is 3.96. The Morgan fingerprint density at radius 1 is 0.769 bits per heavy atom.